The van der Waals surface area contributed by atoms with E-state index in [1.807, 2.05) is 0 Å². The van der Waals surface area contributed by atoms with E-state index in [1.165, 1.54) is 6.07 Å². The molecule has 0 aliphatic rings. The Hall–Kier alpha value is -2.74. The predicted octanol–water partition coefficient (Wildman–Crippen LogP) is 3.40. The molecule has 0 radical (unpaired) electrons. The molecular weight excluding hydrogens is 383 g/mol. The number of esters is 1. The van der Waals surface area contributed by atoms with Crippen LogP contribution in [0.2, 0.25) is 0 Å². The van der Waals surface area contributed by atoms with Crippen LogP contribution in [0.4, 0.5) is 4.39 Å². The normalized spacial score (nSPS) is 11.8. The molecule has 1 N–H and O–H groups in total. The van der Waals surface area contributed by atoms with Crippen LogP contribution in [0.3, 0.4) is 0 Å². The van der Waals surface area contributed by atoms with Crippen LogP contribution in [0, 0.1) is 12.7 Å². The first-order valence-corrected chi connectivity index (χ1v) is 9.63. The molecule has 148 valence electrons. The molecule has 0 aliphatic carbocycles. The van der Waals surface area contributed by atoms with Crippen molar-refractivity contribution in [3.8, 4) is 0 Å². The van der Waals surface area contributed by atoms with Crippen LogP contribution in [0.25, 0.3) is 10.2 Å². The number of hydrogen-bond acceptors (Lipinski definition) is 5. The van der Waals surface area contributed by atoms with E-state index in [4.69, 9.17) is 4.74 Å². The number of carbonyl (C=O) groups is 1. The number of benzene rings is 1. The van der Waals surface area contributed by atoms with Crippen LogP contribution in [0.5, 0.6) is 0 Å². The molecule has 28 heavy (non-hydrogen) atoms. The van der Waals surface area contributed by atoms with Gasteiger partial charge in [0.1, 0.15) is 21.1 Å². The number of aryl methyl sites for hydroxylation is 2. The molecule has 2 aromatic heterocycles. The molecule has 0 atom stereocenters. The summed E-state index contributed by atoms with van der Waals surface area (Å²) in [5.74, 6) is -0.920. The summed E-state index contributed by atoms with van der Waals surface area (Å²) in [5.41, 5.74) is -0.877. The average molecular weight is 404 g/mol. The topological polar surface area (TPSA) is 81.2 Å². The average Bonchev–Trinajstić information content (AvgIpc) is 2.91. The lowest BCUT2D eigenvalue weighted by Gasteiger charge is -2.19. The zero-order chi connectivity index (χ0) is 20.6. The first kappa shape index (κ1) is 20.0. The molecule has 6 nitrogen and oxygen atoms in total. The molecule has 2 heterocycles. The SMILES string of the molecule is Cc1c(C(=O)OC(C)(C)C)sc2[nH]c(=O)n(CCc3ccccc3F)c(=O)c12. The third-order valence-electron chi connectivity index (χ3n) is 4.22. The fourth-order valence-corrected chi connectivity index (χ4v) is 3.97. The van der Waals surface area contributed by atoms with E-state index in [2.05, 4.69) is 4.98 Å². The number of H-pyrrole nitrogens is 1. The number of nitrogens with one attached hydrogen (secondary N) is 1. The molecule has 0 spiro atoms. The summed E-state index contributed by atoms with van der Waals surface area (Å²) >= 11 is 1.02. The standard InChI is InChI=1S/C20H21FN2O4S/c1-11-14-16(28-15(11)18(25)27-20(2,3)4)22-19(26)23(17(14)24)10-9-12-7-5-6-8-13(12)21/h5-8H,9-10H2,1-4H3,(H,22,26). The molecule has 0 unspecified atom stereocenters. The number of fused-ring (bicyclic) bond motifs is 1. The molecular formula is C20H21FN2O4S. The number of aromatic amines is 1. The Balaban J connectivity index is 2.01. The second kappa shape index (κ2) is 7.35. The zero-order valence-electron chi connectivity index (χ0n) is 16.1. The number of halogens is 1. The van der Waals surface area contributed by atoms with Gasteiger partial charge in [0.2, 0.25) is 0 Å². The van der Waals surface area contributed by atoms with Gasteiger partial charge in [-0.2, -0.15) is 0 Å². The van der Waals surface area contributed by atoms with Crippen molar-refractivity contribution in [2.24, 2.45) is 0 Å². The Kier molecular flexibility index (Phi) is 5.25. The van der Waals surface area contributed by atoms with Crippen molar-refractivity contribution in [3.05, 3.63) is 66.9 Å². The largest absolute Gasteiger partial charge is 0.456 e. The van der Waals surface area contributed by atoms with Gasteiger partial charge in [-0.05, 0) is 51.3 Å². The third-order valence-corrected chi connectivity index (χ3v) is 5.41. The van der Waals surface area contributed by atoms with E-state index in [0.717, 1.165) is 15.9 Å². The minimum Gasteiger partial charge on any atom is -0.456 e. The van der Waals surface area contributed by atoms with E-state index in [0.29, 0.717) is 16.0 Å². The van der Waals surface area contributed by atoms with Gasteiger partial charge in [0.05, 0.1) is 5.39 Å². The molecule has 0 amide bonds. The quantitative estimate of drug-likeness (QED) is 0.676. The molecule has 0 saturated heterocycles. The molecule has 0 saturated carbocycles. The first-order valence-electron chi connectivity index (χ1n) is 8.81. The van der Waals surface area contributed by atoms with Crippen molar-refractivity contribution in [3.63, 3.8) is 0 Å². The summed E-state index contributed by atoms with van der Waals surface area (Å²) in [4.78, 5) is 41.0. The third kappa shape index (κ3) is 3.91. The van der Waals surface area contributed by atoms with Gasteiger partial charge >= 0.3 is 11.7 Å². The maximum absolute atomic E-state index is 13.8. The highest BCUT2D eigenvalue weighted by Crippen LogP contribution is 2.28. The smallest absolute Gasteiger partial charge is 0.349 e. The van der Waals surface area contributed by atoms with Gasteiger partial charge < -0.3 is 4.74 Å². The van der Waals surface area contributed by atoms with E-state index in [9.17, 15) is 18.8 Å². The molecule has 0 aliphatic heterocycles. The molecule has 1 aromatic carbocycles. The fourth-order valence-electron chi connectivity index (χ4n) is 2.91. The number of carbonyl (C=O) groups excluding carboxylic acids is 1. The lowest BCUT2D eigenvalue weighted by molar-refractivity contribution is 0.00746. The van der Waals surface area contributed by atoms with Crippen molar-refractivity contribution in [1.82, 2.24) is 9.55 Å². The fraction of sp³-hybridized carbons (Fsp3) is 0.350. The summed E-state index contributed by atoms with van der Waals surface area (Å²) in [6, 6.07) is 6.23. The van der Waals surface area contributed by atoms with E-state index in [-0.39, 0.29) is 29.0 Å². The highest BCUT2D eigenvalue weighted by molar-refractivity contribution is 7.20. The summed E-state index contributed by atoms with van der Waals surface area (Å²) in [5, 5.41) is 0.277. The molecule has 3 rings (SSSR count). The summed E-state index contributed by atoms with van der Waals surface area (Å²) < 4.78 is 20.2. The molecule has 0 bridgehead atoms. The second-order valence-electron chi connectivity index (χ2n) is 7.49. The summed E-state index contributed by atoms with van der Waals surface area (Å²) in [6.45, 7) is 6.95. The Labute approximate surface area is 164 Å². The van der Waals surface area contributed by atoms with E-state index >= 15 is 0 Å². The lowest BCUT2D eigenvalue weighted by Crippen LogP contribution is -2.35. The number of aromatic nitrogens is 2. The van der Waals surface area contributed by atoms with Crippen LogP contribution in [-0.2, 0) is 17.7 Å². The molecule has 3 aromatic rings. The van der Waals surface area contributed by atoms with Crippen molar-refractivity contribution in [2.75, 3.05) is 0 Å². The van der Waals surface area contributed by atoms with Crippen LogP contribution in [0.1, 0.15) is 41.6 Å². The number of nitrogens with zero attached hydrogens (tertiary/aromatic N) is 1. The maximum Gasteiger partial charge on any atom is 0.349 e. The number of hydrogen-bond donors (Lipinski definition) is 1. The van der Waals surface area contributed by atoms with Gasteiger partial charge in [-0.15, -0.1) is 11.3 Å². The minimum atomic E-state index is -0.674. The van der Waals surface area contributed by atoms with Gasteiger partial charge in [0.25, 0.3) is 5.56 Å². The Bertz CT molecular complexity index is 1170. The van der Waals surface area contributed by atoms with Crippen molar-refractivity contribution >= 4 is 27.5 Å². The van der Waals surface area contributed by atoms with Crippen LogP contribution < -0.4 is 11.2 Å². The van der Waals surface area contributed by atoms with E-state index < -0.39 is 22.8 Å². The Morgan fingerprint density at radius 2 is 1.93 bits per heavy atom. The number of rotatable bonds is 4. The predicted molar refractivity (Wildman–Crippen MR) is 107 cm³/mol. The molecule has 0 fully saturated rings. The number of ether oxygens (including phenoxy) is 1. The van der Waals surface area contributed by atoms with E-state index in [1.54, 1.807) is 45.9 Å². The Morgan fingerprint density at radius 3 is 2.57 bits per heavy atom. The van der Waals surface area contributed by atoms with Crippen molar-refractivity contribution in [2.45, 2.75) is 46.3 Å². The maximum atomic E-state index is 13.8. The lowest BCUT2D eigenvalue weighted by atomic mass is 10.1. The highest BCUT2D eigenvalue weighted by Gasteiger charge is 2.24. The van der Waals surface area contributed by atoms with Gasteiger partial charge in [-0.3, -0.25) is 14.3 Å². The van der Waals surface area contributed by atoms with Crippen LogP contribution >= 0.6 is 11.3 Å². The highest BCUT2D eigenvalue weighted by atomic mass is 32.1. The zero-order valence-corrected chi connectivity index (χ0v) is 16.9. The van der Waals surface area contributed by atoms with Crippen LogP contribution in [-0.4, -0.2) is 21.1 Å². The van der Waals surface area contributed by atoms with Gasteiger partial charge in [-0.1, -0.05) is 18.2 Å². The second-order valence-corrected chi connectivity index (χ2v) is 8.51. The molecule has 8 heteroatoms. The summed E-state index contributed by atoms with van der Waals surface area (Å²) in [6.07, 6.45) is 0.198. The van der Waals surface area contributed by atoms with Crippen molar-refractivity contribution < 1.29 is 13.9 Å². The monoisotopic (exact) mass is 404 g/mol. The van der Waals surface area contributed by atoms with Gasteiger partial charge in [-0.25, -0.2) is 14.0 Å². The van der Waals surface area contributed by atoms with Gasteiger partial charge in [0.15, 0.2) is 0 Å². The van der Waals surface area contributed by atoms with Crippen LogP contribution in [0.15, 0.2) is 33.9 Å². The first-order chi connectivity index (χ1) is 13.1. The summed E-state index contributed by atoms with van der Waals surface area (Å²) in [7, 11) is 0. The Morgan fingerprint density at radius 1 is 1.25 bits per heavy atom. The van der Waals surface area contributed by atoms with Gasteiger partial charge in [0, 0.05) is 6.54 Å². The number of thiophene rings is 1. The minimum absolute atomic E-state index is 0.0299. The van der Waals surface area contributed by atoms with Crippen molar-refractivity contribution in [1.29, 1.82) is 0 Å².